The maximum Gasteiger partial charge on any atom is 0.340 e. The van der Waals surface area contributed by atoms with Crippen LogP contribution in [0.2, 0.25) is 0 Å². The van der Waals surface area contributed by atoms with E-state index in [0.29, 0.717) is 33.7 Å². The Bertz CT molecular complexity index is 1500. The van der Waals surface area contributed by atoms with Crippen LogP contribution in [-0.4, -0.2) is 20.4 Å². The van der Waals surface area contributed by atoms with E-state index in [-0.39, 0.29) is 24.1 Å². The van der Waals surface area contributed by atoms with Crippen molar-refractivity contribution in [2.24, 2.45) is 0 Å². The molecule has 0 aliphatic heterocycles. The van der Waals surface area contributed by atoms with Crippen molar-refractivity contribution in [3.8, 4) is 11.6 Å². The number of pyridine rings is 1. The van der Waals surface area contributed by atoms with Crippen LogP contribution in [0, 0.1) is 12.7 Å². The largest absolute Gasteiger partial charge is 0.439 e. The summed E-state index contributed by atoms with van der Waals surface area (Å²) in [6, 6.07) is 15.0. The Hall–Kier alpha value is -3.60. The van der Waals surface area contributed by atoms with Gasteiger partial charge in [0.25, 0.3) is 10.2 Å². The van der Waals surface area contributed by atoms with Crippen molar-refractivity contribution in [2.75, 3.05) is 7.05 Å². The molecule has 0 atom stereocenters. The molecule has 0 radical (unpaired) electrons. The van der Waals surface area contributed by atoms with E-state index in [1.165, 1.54) is 13.1 Å². The molecule has 2 heterocycles. The highest BCUT2D eigenvalue weighted by molar-refractivity contribution is 7.87. The highest BCUT2D eigenvalue weighted by Gasteiger charge is 2.17. The molecule has 10 heteroatoms. The zero-order chi connectivity index (χ0) is 24.3. The molecule has 0 unspecified atom stereocenters. The normalized spacial score (nSPS) is 11.6. The molecule has 2 N–H and O–H groups in total. The van der Waals surface area contributed by atoms with Crippen LogP contribution in [0.1, 0.15) is 22.3 Å². The lowest BCUT2D eigenvalue weighted by Gasteiger charge is -2.12. The Morgan fingerprint density at radius 1 is 1.09 bits per heavy atom. The summed E-state index contributed by atoms with van der Waals surface area (Å²) in [5.41, 5.74) is 1.16. The zero-order valence-electron chi connectivity index (χ0n) is 18.5. The molecule has 0 amide bonds. The molecule has 34 heavy (non-hydrogen) atoms. The molecular weight excluding hydrogens is 461 g/mol. The number of hydrogen-bond acceptors (Lipinski definition) is 6. The molecule has 0 aliphatic carbocycles. The third kappa shape index (κ3) is 5.14. The number of ether oxygens (including phenoxy) is 1. The Balaban J connectivity index is 1.63. The Labute approximate surface area is 195 Å². The molecule has 0 aliphatic rings. The molecule has 0 saturated carbocycles. The van der Waals surface area contributed by atoms with E-state index in [1.807, 2.05) is 0 Å². The number of fused-ring (bicyclic) bond motifs is 1. The van der Waals surface area contributed by atoms with Crippen LogP contribution >= 0.6 is 0 Å². The van der Waals surface area contributed by atoms with Crippen LogP contribution in [0.25, 0.3) is 11.0 Å². The van der Waals surface area contributed by atoms with Gasteiger partial charge in [-0.15, -0.1) is 0 Å². The summed E-state index contributed by atoms with van der Waals surface area (Å²) in [6.07, 6.45) is 1.60. The van der Waals surface area contributed by atoms with Crippen molar-refractivity contribution < 1.29 is 22.0 Å². The minimum atomic E-state index is -3.71. The minimum absolute atomic E-state index is 0.00521. The van der Waals surface area contributed by atoms with Crippen LogP contribution in [0.4, 0.5) is 4.39 Å². The summed E-state index contributed by atoms with van der Waals surface area (Å²) in [4.78, 5) is 16.9. The van der Waals surface area contributed by atoms with Gasteiger partial charge in [-0.2, -0.15) is 13.1 Å². The summed E-state index contributed by atoms with van der Waals surface area (Å²) >= 11 is 0. The molecule has 4 rings (SSSR count). The van der Waals surface area contributed by atoms with Crippen molar-refractivity contribution >= 4 is 21.2 Å². The van der Waals surface area contributed by atoms with E-state index in [0.717, 1.165) is 0 Å². The summed E-state index contributed by atoms with van der Waals surface area (Å²) in [5, 5.41) is 0.696. The maximum atomic E-state index is 15.1. The molecule has 0 spiro atoms. The third-order valence-corrected chi connectivity index (χ3v) is 6.43. The Kier molecular flexibility index (Phi) is 6.73. The number of aromatic nitrogens is 1. The first kappa shape index (κ1) is 23.6. The van der Waals surface area contributed by atoms with Gasteiger partial charge >= 0.3 is 5.63 Å². The van der Waals surface area contributed by atoms with Gasteiger partial charge in [-0.25, -0.2) is 18.9 Å². The van der Waals surface area contributed by atoms with Crippen molar-refractivity contribution in [1.29, 1.82) is 0 Å². The van der Waals surface area contributed by atoms with Crippen molar-refractivity contribution in [3.63, 3.8) is 0 Å². The van der Waals surface area contributed by atoms with Crippen LogP contribution in [0.5, 0.6) is 11.6 Å². The molecule has 176 valence electrons. The van der Waals surface area contributed by atoms with Crippen molar-refractivity contribution in [2.45, 2.75) is 19.9 Å². The van der Waals surface area contributed by atoms with E-state index in [9.17, 15) is 13.2 Å². The number of rotatable bonds is 8. The van der Waals surface area contributed by atoms with Crippen LogP contribution in [0.15, 0.2) is 70.0 Å². The summed E-state index contributed by atoms with van der Waals surface area (Å²) in [7, 11) is -2.46. The summed E-state index contributed by atoms with van der Waals surface area (Å²) in [5.74, 6) is 0.286. The van der Waals surface area contributed by atoms with Gasteiger partial charge in [-0.1, -0.05) is 24.3 Å². The highest BCUT2D eigenvalue weighted by atomic mass is 32.2. The van der Waals surface area contributed by atoms with Crippen LogP contribution in [-0.2, 0) is 23.2 Å². The molecule has 4 aromatic rings. The quantitative estimate of drug-likeness (QED) is 0.371. The summed E-state index contributed by atoms with van der Waals surface area (Å²) in [6.45, 7) is 1.55. The fourth-order valence-corrected chi connectivity index (χ4v) is 4.00. The lowest BCUT2D eigenvalue weighted by Crippen LogP contribution is -2.33. The topological polar surface area (TPSA) is 111 Å². The number of nitrogens with one attached hydrogen (secondary N) is 2. The number of halogens is 1. The standard InChI is InChI=1S/C24H22FN3O5S/c1-15-19-10-9-18(32-22-8-3-4-11-27-22)13-21(19)33-24(29)20(15)12-16-6-5-7-17(23(16)25)14-28-34(30,31)26-2/h3-11,13,26,28H,12,14H2,1-2H3. The second-order valence-electron chi connectivity index (χ2n) is 7.52. The predicted octanol–water partition coefficient (Wildman–Crippen LogP) is 3.57. The molecular formula is C24H22FN3O5S. The lowest BCUT2D eigenvalue weighted by atomic mass is 9.98. The zero-order valence-corrected chi connectivity index (χ0v) is 19.3. The second-order valence-corrected chi connectivity index (χ2v) is 9.22. The fraction of sp³-hybridized carbons (Fsp3) is 0.167. The number of nitrogens with zero attached hydrogens (tertiary/aromatic N) is 1. The molecule has 2 aromatic carbocycles. The van der Waals surface area contributed by atoms with Crippen molar-refractivity contribution in [1.82, 2.24) is 14.4 Å². The van der Waals surface area contributed by atoms with Gasteiger partial charge in [0.05, 0.1) is 0 Å². The molecule has 8 nitrogen and oxygen atoms in total. The Morgan fingerprint density at radius 2 is 1.88 bits per heavy atom. The van der Waals surface area contributed by atoms with E-state index >= 15 is 4.39 Å². The number of hydrogen-bond donors (Lipinski definition) is 2. The van der Waals surface area contributed by atoms with E-state index < -0.39 is 21.7 Å². The van der Waals surface area contributed by atoms with Gasteiger partial charge in [-0.05, 0) is 36.2 Å². The highest BCUT2D eigenvalue weighted by Crippen LogP contribution is 2.28. The molecule has 0 saturated heterocycles. The molecule has 0 fully saturated rings. The predicted molar refractivity (Wildman–Crippen MR) is 126 cm³/mol. The third-order valence-electron chi connectivity index (χ3n) is 5.37. The number of aryl methyl sites for hydroxylation is 1. The Morgan fingerprint density at radius 3 is 2.62 bits per heavy atom. The van der Waals surface area contributed by atoms with E-state index in [2.05, 4.69) is 14.4 Å². The monoisotopic (exact) mass is 483 g/mol. The van der Waals surface area contributed by atoms with Gasteiger partial charge in [0.2, 0.25) is 5.88 Å². The average molecular weight is 484 g/mol. The lowest BCUT2D eigenvalue weighted by molar-refractivity contribution is 0.461. The minimum Gasteiger partial charge on any atom is -0.439 e. The summed E-state index contributed by atoms with van der Waals surface area (Å²) < 4.78 is 53.8. The first-order chi connectivity index (χ1) is 16.3. The van der Waals surface area contributed by atoms with Crippen molar-refractivity contribution in [3.05, 3.63) is 99.3 Å². The average Bonchev–Trinajstić information content (AvgIpc) is 2.82. The number of benzene rings is 2. The first-order valence-electron chi connectivity index (χ1n) is 10.4. The van der Waals surface area contributed by atoms with Gasteiger partial charge in [-0.3, -0.25) is 0 Å². The fourth-order valence-electron chi connectivity index (χ4n) is 3.51. The second kappa shape index (κ2) is 9.72. The smallest absolute Gasteiger partial charge is 0.340 e. The molecule has 0 bridgehead atoms. The van der Waals surface area contributed by atoms with Crippen LogP contribution in [0.3, 0.4) is 0 Å². The molecule has 2 aromatic heterocycles. The van der Waals surface area contributed by atoms with E-state index in [4.69, 9.17) is 9.15 Å². The maximum absolute atomic E-state index is 15.1. The van der Waals surface area contributed by atoms with Gasteiger partial charge in [0, 0.05) is 54.9 Å². The van der Waals surface area contributed by atoms with Gasteiger partial charge in [0.1, 0.15) is 17.1 Å². The van der Waals surface area contributed by atoms with Crippen LogP contribution < -0.4 is 19.8 Å². The van der Waals surface area contributed by atoms with Gasteiger partial charge < -0.3 is 9.15 Å². The van der Waals surface area contributed by atoms with Gasteiger partial charge in [0.15, 0.2) is 0 Å². The van der Waals surface area contributed by atoms with E-state index in [1.54, 1.807) is 61.7 Å². The first-order valence-corrected chi connectivity index (χ1v) is 11.9. The SMILES string of the molecule is CNS(=O)(=O)NCc1cccc(Cc2c(C)c3ccc(Oc4ccccn4)cc3oc2=O)c1F.